The van der Waals surface area contributed by atoms with E-state index in [1.807, 2.05) is 32.0 Å². The maximum Gasteiger partial charge on any atom is 0.276 e. The van der Waals surface area contributed by atoms with Gasteiger partial charge < -0.3 is 0 Å². The molecule has 1 heterocycles. The second-order valence-electron chi connectivity index (χ2n) is 4.09. The number of carbonyl (C=O) groups is 1. The van der Waals surface area contributed by atoms with Gasteiger partial charge in [-0.3, -0.25) is 9.59 Å². The van der Waals surface area contributed by atoms with Crippen LogP contribution in [0.15, 0.2) is 29.1 Å². The molecule has 0 amide bonds. The van der Waals surface area contributed by atoms with E-state index >= 15 is 0 Å². The van der Waals surface area contributed by atoms with Crippen molar-refractivity contribution in [2.45, 2.75) is 13.8 Å². The van der Waals surface area contributed by atoms with Crippen molar-refractivity contribution in [3.8, 4) is 11.3 Å². The van der Waals surface area contributed by atoms with Crippen molar-refractivity contribution in [2.75, 3.05) is 0 Å². The molecule has 1 aromatic heterocycles. The fourth-order valence-corrected chi connectivity index (χ4v) is 1.93. The Kier molecular flexibility index (Phi) is 3.30. The van der Waals surface area contributed by atoms with E-state index in [4.69, 9.17) is 11.6 Å². The third kappa shape index (κ3) is 2.33. The first kappa shape index (κ1) is 12.5. The highest BCUT2D eigenvalue weighted by atomic mass is 35.5. The third-order valence-electron chi connectivity index (χ3n) is 2.67. The molecule has 18 heavy (non-hydrogen) atoms. The smallest absolute Gasteiger partial charge is 0.275 e. The summed E-state index contributed by atoms with van der Waals surface area (Å²) in [6.07, 6.45) is 0. The first-order valence-corrected chi connectivity index (χ1v) is 5.74. The molecule has 2 aromatic rings. The summed E-state index contributed by atoms with van der Waals surface area (Å²) >= 11 is 5.35. The standard InChI is InChI=1S/C13H11ClN2O2/c1-7-3-4-9(8(2)5-7)11-6-10(12(14)17)13(18)16-15-11/h3-6H,1-2H3,(H,16,18). The highest BCUT2D eigenvalue weighted by Gasteiger charge is 2.11. The highest BCUT2D eigenvalue weighted by Crippen LogP contribution is 2.22. The molecule has 0 fully saturated rings. The third-order valence-corrected chi connectivity index (χ3v) is 2.88. The number of nitrogens with zero attached hydrogens (tertiary/aromatic N) is 1. The highest BCUT2D eigenvalue weighted by molar-refractivity contribution is 6.67. The van der Waals surface area contributed by atoms with Crippen LogP contribution in [0.3, 0.4) is 0 Å². The molecule has 0 aliphatic heterocycles. The van der Waals surface area contributed by atoms with Crippen LogP contribution in [0.25, 0.3) is 11.3 Å². The lowest BCUT2D eigenvalue weighted by atomic mass is 10.0. The van der Waals surface area contributed by atoms with Gasteiger partial charge in [-0.2, -0.15) is 5.10 Å². The van der Waals surface area contributed by atoms with Gasteiger partial charge in [0.1, 0.15) is 5.56 Å². The lowest BCUT2D eigenvalue weighted by molar-refractivity contribution is 0.108. The van der Waals surface area contributed by atoms with Crippen molar-refractivity contribution in [1.82, 2.24) is 10.2 Å². The molecule has 1 aromatic carbocycles. The molecular formula is C13H11ClN2O2. The van der Waals surface area contributed by atoms with Gasteiger partial charge in [-0.25, -0.2) is 5.10 Å². The second-order valence-corrected chi connectivity index (χ2v) is 4.43. The lowest BCUT2D eigenvalue weighted by Gasteiger charge is -2.06. The van der Waals surface area contributed by atoms with E-state index in [-0.39, 0.29) is 5.56 Å². The van der Waals surface area contributed by atoms with E-state index in [0.29, 0.717) is 5.69 Å². The number of carbonyl (C=O) groups excluding carboxylic acids is 1. The predicted octanol–water partition coefficient (Wildman–Crippen LogP) is 2.43. The molecule has 2 rings (SSSR count). The Morgan fingerprint density at radius 1 is 1.28 bits per heavy atom. The number of H-pyrrole nitrogens is 1. The number of benzene rings is 1. The molecule has 5 heteroatoms. The van der Waals surface area contributed by atoms with Gasteiger partial charge in [-0.15, -0.1) is 0 Å². The molecule has 0 spiro atoms. The molecule has 0 radical (unpaired) electrons. The monoisotopic (exact) mass is 262 g/mol. The van der Waals surface area contributed by atoms with Crippen molar-refractivity contribution >= 4 is 16.8 Å². The van der Waals surface area contributed by atoms with Crippen molar-refractivity contribution < 1.29 is 4.79 Å². The van der Waals surface area contributed by atoms with E-state index in [1.54, 1.807) is 0 Å². The minimum atomic E-state index is -0.787. The minimum absolute atomic E-state index is 0.0957. The zero-order chi connectivity index (χ0) is 13.3. The van der Waals surface area contributed by atoms with Crippen molar-refractivity contribution in [1.29, 1.82) is 0 Å². The fraction of sp³-hybridized carbons (Fsp3) is 0.154. The average Bonchev–Trinajstić information content (AvgIpc) is 2.30. The Balaban J connectivity index is 2.61. The maximum atomic E-state index is 11.4. The topological polar surface area (TPSA) is 62.8 Å². The summed E-state index contributed by atoms with van der Waals surface area (Å²) in [7, 11) is 0. The molecule has 0 atom stereocenters. The fourth-order valence-electron chi connectivity index (χ4n) is 1.79. The van der Waals surface area contributed by atoms with Crippen molar-refractivity contribution in [3.05, 3.63) is 51.3 Å². The predicted molar refractivity (Wildman–Crippen MR) is 70.0 cm³/mol. The van der Waals surface area contributed by atoms with Gasteiger partial charge in [-0.05, 0) is 37.1 Å². The summed E-state index contributed by atoms with van der Waals surface area (Å²) in [6.45, 7) is 3.93. The van der Waals surface area contributed by atoms with Crippen LogP contribution in [-0.4, -0.2) is 15.4 Å². The number of aryl methyl sites for hydroxylation is 2. The second kappa shape index (κ2) is 4.74. The molecule has 0 saturated carbocycles. The van der Waals surface area contributed by atoms with Gasteiger partial charge in [0.05, 0.1) is 5.69 Å². The number of rotatable bonds is 2. The van der Waals surface area contributed by atoms with Crippen LogP contribution in [0.2, 0.25) is 0 Å². The van der Waals surface area contributed by atoms with Crippen LogP contribution >= 0.6 is 11.6 Å². The van der Waals surface area contributed by atoms with Gasteiger partial charge in [0.25, 0.3) is 10.8 Å². The van der Waals surface area contributed by atoms with Gasteiger partial charge in [0, 0.05) is 5.56 Å². The minimum Gasteiger partial charge on any atom is -0.275 e. The summed E-state index contributed by atoms with van der Waals surface area (Å²) < 4.78 is 0. The summed E-state index contributed by atoms with van der Waals surface area (Å²) in [5, 5.41) is 5.43. The molecule has 0 aliphatic rings. The number of halogens is 1. The Morgan fingerprint density at radius 3 is 2.61 bits per heavy atom. The van der Waals surface area contributed by atoms with Gasteiger partial charge in [-0.1, -0.05) is 23.8 Å². The van der Waals surface area contributed by atoms with Gasteiger partial charge >= 0.3 is 0 Å². The number of aromatic nitrogens is 2. The Morgan fingerprint density at radius 2 is 2.00 bits per heavy atom. The lowest BCUT2D eigenvalue weighted by Crippen LogP contribution is -2.16. The zero-order valence-corrected chi connectivity index (χ0v) is 10.7. The molecule has 0 unspecified atom stereocenters. The van der Waals surface area contributed by atoms with Crippen LogP contribution < -0.4 is 5.56 Å². The molecule has 1 N–H and O–H groups in total. The van der Waals surface area contributed by atoms with Crippen LogP contribution in [0.1, 0.15) is 21.5 Å². The van der Waals surface area contributed by atoms with E-state index in [1.165, 1.54) is 6.07 Å². The van der Waals surface area contributed by atoms with Crippen LogP contribution in [0, 0.1) is 13.8 Å². The molecule has 92 valence electrons. The van der Waals surface area contributed by atoms with E-state index < -0.39 is 10.8 Å². The first-order chi connectivity index (χ1) is 8.49. The van der Waals surface area contributed by atoms with E-state index in [9.17, 15) is 9.59 Å². The average molecular weight is 263 g/mol. The number of nitrogens with one attached hydrogen (secondary N) is 1. The van der Waals surface area contributed by atoms with Crippen molar-refractivity contribution in [2.24, 2.45) is 0 Å². The van der Waals surface area contributed by atoms with Gasteiger partial charge in [0.15, 0.2) is 0 Å². The molecule has 0 aliphatic carbocycles. The number of aromatic amines is 1. The largest absolute Gasteiger partial charge is 0.276 e. The molecule has 4 nitrogen and oxygen atoms in total. The Labute approximate surface area is 109 Å². The SMILES string of the molecule is Cc1ccc(-c2cc(C(=O)Cl)c(=O)[nH]n2)c(C)c1. The van der Waals surface area contributed by atoms with E-state index in [0.717, 1.165) is 16.7 Å². The molecular weight excluding hydrogens is 252 g/mol. The molecule has 0 bridgehead atoms. The molecule has 0 saturated heterocycles. The van der Waals surface area contributed by atoms with Gasteiger partial charge in [0.2, 0.25) is 0 Å². The Hall–Kier alpha value is -1.94. The summed E-state index contributed by atoms with van der Waals surface area (Å²) in [5.74, 6) is 0. The Bertz CT molecular complexity index is 677. The van der Waals surface area contributed by atoms with Crippen LogP contribution in [0.5, 0.6) is 0 Å². The quantitative estimate of drug-likeness (QED) is 0.846. The first-order valence-electron chi connectivity index (χ1n) is 5.36. The van der Waals surface area contributed by atoms with E-state index in [2.05, 4.69) is 10.2 Å². The summed E-state index contributed by atoms with van der Waals surface area (Å²) in [6, 6.07) is 7.25. The number of hydrogen-bond donors (Lipinski definition) is 1. The zero-order valence-electron chi connectivity index (χ0n) is 9.95. The normalized spacial score (nSPS) is 10.4. The van der Waals surface area contributed by atoms with Crippen LogP contribution in [-0.2, 0) is 0 Å². The van der Waals surface area contributed by atoms with Crippen LogP contribution in [0.4, 0.5) is 0 Å². The van der Waals surface area contributed by atoms with Crippen molar-refractivity contribution in [3.63, 3.8) is 0 Å². The summed E-state index contributed by atoms with van der Waals surface area (Å²) in [5.41, 5.74) is 2.86. The summed E-state index contributed by atoms with van der Waals surface area (Å²) in [4.78, 5) is 22.5. The maximum absolute atomic E-state index is 11.4. The number of hydrogen-bond acceptors (Lipinski definition) is 3.